The lowest BCUT2D eigenvalue weighted by atomic mass is 10.1. The summed E-state index contributed by atoms with van der Waals surface area (Å²) >= 11 is 8.72. The van der Waals surface area contributed by atoms with Gasteiger partial charge in [0.05, 0.1) is 5.69 Å². The summed E-state index contributed by atoms with van der Waals surface area (Å²) in [5, 5.41) is 4.68. The Hall–Kier alpha value is -2.74. The number of anilines is 1. The molecule has 0 saturated carbocycles. The van der Waals surface area contributed by atoms with Crippen molar-refractivity contribution in [3.63, 3.8) is 0 Å². The van der Waals surface area contributed by atoms with Crippen molar-refractivity contribution in [2.75, 3.05) is 11.4 Å². The molecule has 0 atom stereocenters. The summed E-state index contributed by atoms with van der Waals surface area (Å²) < 4.78 is 3.40. The van der Waals surface area contributed by atoms with E-state index in [-0.39, 0.29) is 5.91 Å². The van der Waals surface area contributed by atoms with Crippen LogP contribution in [0.4, 0.5) is 5.69 Å². The molecule has 1 aliphatic heterocycles. The van der Waals surface area contributed by atoms with Gasteiger partial charge >= 0.3 is 0 Å². The molecule has 154 valence electrons. The third-order valence-corrected chi connectivity index (χ3v) is 7.66. The van der Waals surface area contributed by atoms with Gasteiger partial charge in [0.1, 0.15) is 0 Å². The maximum absolute atomic E-state index is 13.0. The SMILES string of the molecule is O=C(c1ccc(-n2nc(SCc3ccccc3)sc2=S)cc1)N1CCc2ccccc21. The second kappa shape index (κ2) is 8.78. The molecule has 4 nitrogen and oxygen atoms in total. The fourth-order valence-electron chi connectivity index (χ4n) is 3.65. The van der Waals surface area contributed by atoms with E-state index >= 15 is 0 Å². The van der Waals surface area contributed by atoms with Crippen LogP contribution in [0.15, 0.2) is 83.2 Å². The van der Waals surface area contributed by atoms with E-state index in [1.165, 1.54) is 22.5 Å². The van der Waals surface area contributed by atoms with Crippen LogP contribution in [0.5, 0.6) is 0 Å². The predicted octanol–water partition coefficient (Wildman–Crippen LogP) is 6.16. The van der Waals surface area contributed by atoms with Gasteiger partial charge in [0.15, 0.2) is 8.29 Å². The Morgan fingerprint density at radius 1 is 1.00 bits per heavy atom. The number of amides is 1. The molecule has 1 amide bonds. The highest BCUT2D eigenvalue weighted by Gasteiger charge is 2.25. The molecule has 1 aliphatic rings. The molecule has 0 spiro atoms. The zero-order valence-corrected chi connectivity index (χ0v) is 19.1. The van der Waals surface area contributed by atoms with Crippen LogP contribution >= 0.6 is 35.3 Å². The molecule has 1 aromatic heterocycles. The summed E-state index contributed by atoms with van der Waals surface area (Å²) in [7, 11) is 0. The highest BCUT2D eigenvalue weighted by Crippen LogP contribution is 2.30. The largest absolute Gasteiger partial charge is 0.308 e. The van der Waals surface area contributed by atoms with E-state index in [4.69, 9.17) is 12.2 Å². The number of thioether (sulfide) groups is 1. The van der Waals surface area contributed by atoms with Gasteiger partial charge in [0.25, 0.3) is 5.91 Å². The highest BCUT2D eigenvalue weighted by atomic mass is 32.2. The lowest BCUT2D eigenvalue weighted by molar-refractivity contribution is 0.0989. The Morgan fingerprint density at radius 2 is 1.74 bits per heavy atom. The zero-order valence-electron chi connectivity index (χ0n) is 16.6. The lowest BCUT2D eigenvalue weighted by Crippen LogP contribution is -2.28. The van der Waals surface area contributed by atoms with Crippen LogP contribution in [-0.2, 0) is 12.2 Å². The quantitative estimate of drug-likeness (QED) is 0.264. The minimum Gasteiger partial charge on any atom is -0.308 e. The van der Waals surface area contributed by atoms with Crippen LogP contribution in [0, 0.1) is 3.95 Å². The zero-order chi connectivity index (χ0) is 21.2. The first-order valence-corrected chi connectivity index (χ1v) is 12.2. The molecular formula is C24H19N3OS3. The number of hydrogen-bond acceptors (Lipinski definition) is 5. The number of carbonyl (C=O) groups is 1. The summed E-state index contributed by atoms with van der Waals surface area (Å²) in [6, 6.07) is 26.0. The molecule has 0 aliphatic carbocycles. The van der Waals surface area contributed by atoms with Crippen molar-refractivity contribution in [2.24, 2.45) is 0 Å². The number of fused-ring (bicyclic) bond motifs is 1. The van der Waals surface area contributed by atoms with Gasteiger partial charge in [-0.3, -0.25) is 4.79 Å². The molecule has 7 heteroatoms. The predicted molar refractivity (Wildman–Crippen MR) is 130 cm³/mol. The average molecular weight is 462 g/mol. The standard InChI is InChI=1S/C24H19N3OS3/c28-22(26-15-14-18-8-4-5-9-21(18)26)19-10-12-20(13-11-19)27-24(29)31-23(25-27)30-16-17-6-2-1-3-7-17/h1-13H,14-16H2. The van der Waals surface area contributed by atoms with Crippen molar-refractivity contribution in [3.8, 4) is 5.69 Å². The first-order chi connectivity index (χ1) is 15.2. The Balaban J connectivity index is 1.32. The van der Waals surface area contributed by atoms with Crippen molar-refractivity contribution in [1.29, 1.82) is 0 Å². The van der Waals surface area contributed by atoms with E-state index in [9.17, 15) is 4.79 Å². The third-order valence-electron chi connectivity index (χ3n) is 5.23. The second-order valence-electron chi connectivity index (χ2n) is 7.20. The smallest absolute Gasteiger partial charge is 0.258 e. The monoisotopic (exact) mass is 461 g/mol. The van der Waals surface area contributed by atoms with Crippen LogP contribution < -0.4 is 4.90 Å². The molecule has 4 aromatic rings. The molecule has 0 unspecified atom stereocenters. The number of para-hydroxylation sites is 1. The number of carbonyl (C=O) groups excluding carboxylic acids is 1. The molecule has 5 rings (SSSR count). The van der Waals surface area contributed by atoms with Crippen LogP contribution in [0.2, 0.25) is 0 Å². The van der Waals surface area contributed by atoms with E-state index in [1.807, 2.05) is 65.6 Å². The number of aromatic nitrogens is 2. The van der Waals surface area contributed by atoms with Crippen LogP contribution in [0.3, 0.4) is 0 Å². The molecule has 0 fully saturated rings. The minimum atomic E-state index is 0.0254. The summed E-state index contributed by atoms with van der Waals surface area (Å²) in [6.45, 7) is 0.721. The summed E-state index contributed by atoms with van der Waals surface area (Å²) in [6.07, 6.45) is 0.900. The fraction of sp³-hybridized carbons (Fsp3) is 0.125. The number of hydrogen-bond donors (Lipinski definition) is 0. The van der Waals surface area contributed by atoms with Crippen LogP contribution in [0.1, 0.15) is 21.5 Å². The summed E-state index contributed by atoms with van der Waals surface area (Å²) in [5.74, 6) is 0.880. The second-order valence-corrected chi connectivity index (χ2v) is 10.0. The first kappa shape index (κ1) is 20.2. The number of benzene rings is 3. The Kier molecular flexibility index (Phi) is 5.72. The van der Waals surface area contributed by atoms with E-state index < -0.39 is 0 Å². The van der Waals surface area contributed by atoms with Crippen molar-refractivity contribution in [3.05, 3.63) is 99.5 Å². The van der Waals surface area contributed by atoms with Crippen molar-refractivity contribution in [2.45, 2.75) is 16.5 Å². The molecule has 0 radical (unpaired) electrons. The van der Waals surface area contributed by atoms with Gasteiger partial charge < -0.3 is 4.90 Å². The highest BCUT2D eigenvalue weighted by molar-refractivity contribution is 8.00. The summed E-state index contributed by atoms with van der Waals surface area (Å²) in [5.41, 5.74) is 5.03. The minimum absolute atomic E-state index is 0.0254. The lowest BCUT2D eigenvalue weighted by Gasteiger charge is -2.17. The van der Waals surface area contributed by atoms with E-state index in [1.54, 1.807) is 16.4 Å². The normalized spacial score (nSPS) is 12.7. The first-order valence-electron chi connectivity index (χ1n) is 9.96. The molecule has 0 bridgehead atoms. The number of rotatable bonds is 5. The molecule has 0 saturated heterocycles. The molecule has 0 N–H and O–H groups in total. The van der Waals surface area contributed by atoms with Gasteiger partial charge in [-0.05, 0) is 60.1 Å². The molecular weight excluding hydrogens is 442 g/mol. The molecule has 31 heavy (non-hydrogen) atoms. The van der Waals surface area contributed by atoms with E-state index in [2.05, 4.69) is 23.3 Å². The van der Waals surface area contributed by atoms with Crippen molar-refractivity contribution >= 4 is 46.9 Å². The summed E-state index contributed by atoms with van der Waals surface area (Å²) in [4.78, 5) is 14.9. The van der Waals surface area contributed by atoms with Gasteiger partial charge in [0, 0.05) is 23.5 Å². The van der Waals surface area contributed by atoms with Gasteiger partial charge in [-0.2, -0.15) is 0 Å². The average Bonchev–Trinajstić information content (AvgIpc) is 3.41. The van der Waals surface area contributed by atoms with E-state index in [0.717, 1.165) is 34.4 Å². The van der Waals surface area contributed by atoms with Crippen LogP contribution in [-0.4, -0.2) is 22.2 Å². The molecule has 2 heterocycles. The Bertz CT molecular complexity index is 1280. The number of nitrogens with zero attached hydrogens (tertiary/aromatic N) is 3. The maximum Gasteiger partial charge on any atom is 0.258 e. The third kappa shape index (κ3) is 4.21. The van der Waals surface area contributed by atoms with E-state index in [0.29, 0.717) is 9.52 Å². The molecule has 3 aromatic carbocycles. The van der Waals surface area contributed by atoms with Crippen LogP contribution in [0.25, 0.3) is 5.69 Å². The van der Waals surface area contributed by atoms with Gasteiger partial charge in [-0.15, -0.1) is 5.10 Å². The maximum atomic E-state index is 13.0. The van der Waals surface area contributed by atoms with Gasteiger partial charge in [0.2, 0.25) is 0 Å². The topological polar surface area (TPSA) is 38.1 Å². The van der Waals surface area contributed by atoms with Crippen molar-refractivity contribution < 1.29 is 4.79 Å². The van der Waals surface area contributed by atoms with Gasteiger partial charge in [-0.1, -0.05) is 71.6 Å². The Labute approximate surface area is 194 Å². The fourth-order valence-corrected chi connectivity index (χ4v) is 5.97. The van der Waals surface area contributed by atoms with Crippen molar-refractivity contribution in [1.82, 2.24) is 9.78 Å². The van der Waals surface area contributed by atoms with Gasteiger partial charge in [-0.25, -0.2) is 4.68 Å². The Morgan fingerprint density at radius 3 is 2.55 bits per heavy atom.